The van der Waals surface area contributed by atoms with Gasteiger partial charge < -0.3 is 14.6 Å². The number of aryl methyl sites for hydroxylation is 1. The van der Waals surface area contributed by atoms with Crippen LogP contribution in [0.1, 0.15) is 22.0 Å². The largest absolute Gasteiger partial charge is 0.379 e. The first-order chi connectivity index (χ1) is 14.5. The maximum atomic E-state index is 13.8. The lowest BCUT2D eigenvalue weighted by atomic mass is 10.0. The minimum atomic E-state index is -0.321. The van der Waals surface area contributed by atoms with Crippen LogP contribution in [0.15, 0.2) is 59.4 Å². The highest BCUT2D eigenvalue weighted by molar-refractivity contribution is 6.06. The molecule has 1 atom stereocenters. The predicted molar refractivity (Wildman–Crippen MR) is 113 cm³/mol. The van der Waals surface area contributed by atoms with Crippen molar-refractivity contribution < 1.29 is 13.9 Å². The van der Waals surface area contributed by atoms with Crippen LogP contribution in [0.2, 0.25) is 0 Å². The molecule has 30 heavy (non-hydrogen) atoms. The van der Waals surface area contributed by atoms with E-state index in [-0.39, 0.29) is 23.3 Å². The van der Waals surface area contributed by atoms with Gasteiger partial charge in [0.25, 0.3) is 11.5 Å². The fraction of sp³-hybridized carbons (Fsp3) is 0.304. The van der Waals surface area contributed by atoms with E-state index in [0.717, 1.165) is 5.56 Å². The number of benzene rings is 2. The Hall–Kier alpha value is -3.03. The summed E-state index contributed by atoms with van der Waals surface area (Å²) >= 11 is 0. The molecule has 4 rings (SSSR count). The third-order valence-corrected chi connectivity index (χ3v) is 5.57. The highest BCUT2D eigenvalue weighted by Crippen LogP contribution is 2.23. The molecular formula is C23H24FN3O3. The second-order valence-corrected chi connectivity index (χ2v) is 7.40. The fourth-order valence-electron chi connectivity index (χ4n) is 3.94. The summed E-state index contributed by atoms with van der Waals surface area (Å²) in [5.41, 5.74) is 1.60. The van der Waals surface area contributed by atoms with Gasteiger partial charge in [0.15, 0.2) is 0 Å². The Morgan fingerprint density at radius 1 is 1.13 bits per heavy atom. The van der Waals surface area contributed by atoms with E-state index < -0.39 is 0 Å². The molecule has 1 aromatic heterocycles. The van der Waals surface area contributed by atoms with Crippen LogP contribution in [0.4, 0.5) is 4.39 Å². The Morgan fingerprint density at radius 3 is 2.67 bits per heavy atom. The van der Waals surface area contributed by atoms with Crippen molar-refractivity contribution in [2.24, 2.45) is 7.05 Å². The number of rotatable bonds is 5. The number of para-hydroxylation sites is 1. The van der Waals surface area contributed by atoms with Crippen molar-refractivity contribution in [3.8, 4) is 0 Å². The van der Waals surface area contributed by atoms with Gasteiger partial charge in [-0.3, -0.25) is 14.5 Å². The molecule has 0 spiro atoms. The summed E-state index contributed by atoms with van der Waals surface area (Å²) in [4.78, 5) is 27.5. The summed E-state index contributed by atoms with van der Waals surface area (Å²) in [5.74, 6) is -0.631. The van der Waals surface area contributed by atoms with Crippen molar-refractivity contribution in [2.45, 2.75) is 6.04 Å². The number of hydrogen-bond acceptors (Lipinski definition) is 4. The molecule has 7 heteroatoms. The van der Waals surface area contributed by atoms with Gasteiger partial charge in [-0.25, -0.2) is 4.39 Å². The average Bonchev–Trinajstić information content (AvgIpc) is 2.77. The van der Waals surface area contributed by atoms with Crippen LogP contribution in [0, 0.1) is 5.82 Å². The van der Waals surface area contributed by atoms with Crippen molar-refractivity contribution in [1.29, 1.82) is 0 Å². The van der Waals surface area contributed by atoms with Gasteiger partial charge >= 0.3 is 0 Å². The Labute approximate surface area is 173 Å². The zero-order valence-corrected chi connectivity index (χ0v) is 16.8. The molecule has 1 fully saturated rings. The van der Waals surface area contributed by atoms with Crippen LogP contribution in [0.25, 0.3) is 10.9 Å². The van der Waals surface area contributed by atoms with Crippen LogP contribution in [-0.4, -0.2) is 48.2 Å². The molecule has 1 N–H and O–H groups in total. The molecule has 1 aliphatic rings. The van der Waals surface area contributed by atoms with E-state index in [1.807, 2.05) is 30.3 Å². The van der Waals surface area contributed by atoms with E-state index >= 15 is 0 Å². The molecule has 0 aliphatic carbocycles. The second kappa shape index (κ2) is 8.77. The van der Waals surface area contributed by atoms with Crippen LogP contribution in [0.5, 0.6) is 0 Å². The SMILES string of the molecule is Cn1c(=O)cc(C(=O)NCC(c2cccc(F)c2)N2CCOCC2)c2ccccc21. The maximum absolute atomic E-state index is 13.8. The van der Waals surface area contributed by atoms with Crippen LogP contribution >= 0.6 is 0 Å². The number of carbonyl (C=O) groups is 1. The van der Waals surface area contributed by atoms with Crippen molar-refractivity contribution in [1.82, 2.24) is 14.8 Å². The Balaban J connectivity index is 1.61. The topological polar surface area (TPSA) is 63.6 Å². The monoisotopic (exact) mass is 409 g/mol. The third kappa shape index (κ3) is 4.13. The van der Waals surface area contributed by atoms with Gasteiger partial charge in [0.05, 0.1) is 30.3 Å². The molecule has 1 amide bonds. The number of amides is 1. The number of aromatic nitrogens is 1. The molecule has 1 saturated heterocycles. The number of nitrogens with zero attached hydrogens (tertiary/aromatic N) is 2. The summed E-state index contributed by atoms with van der Waals surface area (Å²) in [6.45, 7) is 2.89. The lowest BCUT2D eigenvalue weighted by Gasteiger charge is -2.35. The molecule has 0 bridgehead atoms. The van der Waals surface area contributed by atoms with Gasteiger partial charge in [-0.1, -0.05) is 30.3 Å². The lowest BCUT2D eigenvalue weighted by Crippen LogP contribution is -2.44. The van der Waals surface area contributed by atoms with E-state index in [9.17, 15) is 14.0 Å². The lowest BCUT2D eigenvalue weighted by molar-refractivity contribution is 0.0162. The van der Waals surface area contributed by atoms with E-state index in [4.69, 9.17) is 4.74 Å². The minimum absolute atomic E-state index is 0.189. The Kier molecular flexibility index (Phi) is 5.92. The van der Waals surface area contributed by atoms with E-state index in [1.54, 1.807) is 13.1 Å². The standard InChI is InChI=1S/C23H24FN3O3/c1-26-20-8-3-2-7-18(20)19(14-22(26)28)23(29)25-15-21(27-9-11-30-12-10-27)16-5-4-6-17(24)13-16/h2-8,13-14,21H,9-12,15H2,1H3,(H,25,29). The smallest absolute Gasteiger partial charge is 0.252 e. The van der Waals surface area contributed by atoms with E-state index in [2.05, 4.69) is 10.2 Å². The molecule has 0 saturated carbocycles. The normalized spacial score (nSPS) is 15.8. The summed E-state index contributed by atoms with van der Waals surface area (Å²) in [6.07, 6.45) is 0. The average molecular weight is 409 g/mol. The van der Waals surface area contributed by atoms with E-state index in [0.29, 0.717) is 49.3 Å². The number of morpholine rings is 1. The summed E-state index contributed by atoms with van der Waals surface area (Å²) < 4.78 is 20.8. The Bertz CT molecular complexity index is 1120. The maximum Gasteiger partial charge on any atom is 0.252 e. The molecule has 2 aromatic carbocycles. The molecule has 2 heterocycles. The molecule has 0 radical (unpaired) electrons. The van der Waals surface area contributed by atoms with Crippen molar-refractivity contribution >= 4 is 16.8 Å². The first-order valence-electron chi connectivity index (χ1n) is 9.99. The van der Waals surface area contributed by atoms with Gasteiger partial charge in [0, 0.05) is 38.1 Å². The number of halogens is 1. The van der Waals surface area contributed by atoms with Gasteiger partial charge in [0.2, 0.25) is 0 Å². The zero-order valence-electron chi connectivity index (χ0n) is 16.8. The molecule has 1 unspecified atom stereocenters. The van der Waals surface area contributed by atoms with Crippen molar-refractivity contribution in [3.05, 3.63) is 81.9 Å². The number of hydrogen-bond donors (Lipinski definition) is 1. The number of carbonyl (C=O) groups excluding carboxylic acids is 1. The first kappa shape index (κ1) is 20.3. The highest BCUT2D eigenvalue weighted by atomic mass is 19.1. The minimum Gasteiger partial charge on any atom is -0.379 e. The fourth-order valence-corrected chi connectivity index (χ4v) is 3.94. The Morgan fingerprint density at radius 2 is 1.90 bits per heavy atom. The second-order valence-electron chi connectivity index (χ2n) is 7.40. The quantitative estimate of drug-likeness (QED) is 0.703. The number of nitrogens with one attached hydrogen (secondary N) is 1. The van der Waals surface area contributed by atoms with Crippen molar-refractivity contribution in [2.75, 3.05) is 32.8 Å². The molecule has 6 nitrogen and oxygen atoms in total. The number of fused-ring (bicyclic) bond motifs is 1. The predicted octanol–water partition coefficient (Wildman–Crippen LogP) is 2.48. The molecular weight excluding hydrogens is 385 g/mol. The highest BCUT2D eigenvalue weighted by Gasteiger charge is 2.24. The van der Waals surface area contributed by atoms with E-state index in [1.165, 1.54) is 22.8 Å². The third-order valence-electron chi connectivity index (χ3n) is 5.57. The van der Waals surface area contributed by atoms with Gasteiger partial charge in [-0.15, -0.1) is 0 Å². The van der Waals surface area contributed by atoms with Gasteiger partial charge in [-0.2, -0.15) is 0 Å². The van der Waals surface area contributed by atoms with Crippen molar-refractivity contribution in [3.63, 3.8) is 0 Å². The summed E-state index contributed by atoms with van der Waals surface area (Å²) in [7, 11) is 1.69. The van der Waals surface area contributed by atoms with Crippen LogP contribution < -0.4 is 10.9 Å². The summed E-state index contributed by atoms with van der Waals surface area (Å²) in [6, 6.07) is 14.9. The molecule has 3 aromatic rings. The van der Waals surface area contributed by atoms with Gasteiger partial charge in [-0.05, 0) is 23.8 Å². The zero-order chi connectivity index (χ0) is 21.1. The summed E-state index contributed by atoms with van der Waals surface area (Å²) in [5, 5.41) is 3.67. The first-order valence-corrected chi connectivity index (χ1v) is 9.99. The van der Waals surface area contributed by atoms with Crippen LogP contribution in [0.3, 0.4) is 0 Å². The molecule has 156 valence electrons. The van der Waals surface area contributed by atoms with Crippen LogP contribution in [-0.2, 0) is 11.8 Å². The van der Waals surface area contributed by atoms with Gasteiger partial charge in [0.1, 0.15) is 5.82 Å². The number of pyridine rings is 1. The molecule has 1 aliphatic heterocycles. The number of ether oxygens (including phenoxy) is 1.